The smallest absolute Gasteiger partial charge is 0.409 e. The van der Waals surface area contributed by atoms with Crippen LogP contribution in [0, 0.1) is 11.8 Å². The molecule has 9 nitrogen and oxygen atoms in total. The molecule has 0 spiro atoms. The zero-order chi connectivity index (χ0) is 28.9. The summed E-state index contributed by atoms with van der Waals surface area (Å²) in [5, 5.41) is 3.22. The SMILES string of the molecule is C/C(=C\C=C\C(C)COC(=O)N1CCCC1)[C@H]1OC(=O)CCCCC[C@@H](NC(=O)N2CCN(C)CC2)/C=C/[C@@H]1C. The second kappa shape index (κ2) is 16.5. The second-order valence-corrected chi connectivity index (χ2v) is 11.6. The van der Waals surface area contributed by atoms with Crippen LogP contribution in [0.3, 0.4) is 0 Å². The van der Waals surface area contributed by atoms with E-state index in [9.17, 15) is 14.4 Å². The topological polar surface area (TPSA) is 91.4 Å². The van der Waals surface area contributed by atoms with E-state index < -0.39 is 6.10 Å². The molecule has 0 saturated carbocycles. The van der Waals surface area contributed by atoms with Gasteiger partial charge in [-0.05, 0) is 45.2 Å². The summed E-state index contributed by atoms with van der Waals surface area (Å²) >= 11 is 0. The number of carbonyl (C=O) groups excluding carboxylic acids is 3. The van der Waals surface area contributed by atoms with E-state index in [1.165, 1.54) is 0 Å². The Kier molecular flexibility index (Phi) is 13.0. The highest BCUT2D eigenvalue weighted by molar-refractivity contribution is 5.75. The molecule has 1 unspecified atom stereocenters. The van der Waals surface area contributed by atoms with Gasteiger partial charge in [0.25, 0.3) is 0 Å². The van der Waals surface area contributed by atoms with Gasteiger partial charge in [-0.1, -0.05) is 57.1 Å². The van der Waals surface area contributed by atoms with Gasteiger partial charge in [0.1, 0.15) is 6.10 Å². The number of hydrogen-bond acceptors (Lipinski definition) is 6. The van der Waals surface area contributed by atoms with Crippen LogP contribution in [0.1, 0.15) is 65.7 Å². The minimum Gasteiger partial charge on any atom is -0.457 e. The molecule has 0 aromatic rings. The summed E-state index contributed by atoms with van der Waals surface area (Å²) in [6, 6.07) is -0.0643. The number of esters is 1. The third-order valence-corrected chi connectivity index (χ3v) is 7.96. The number of urea groups is 1. The Hall–Kier alpha value is -2.81. The van der Waals surface area contributed by atoms with E-state index in [1.807, 2.05) is 43.9 Å². The Morgan fingerprint density at radius 3 is 2.50 bits per heavy atom. The van der Waals surface area contributed by atoms with Crippen molar-refractivity contribution in [3.05, 3.63) is 36.0 Å². The molecule has 9 heteroatoms. The summed E-state index contributed by atoms with van der Waals surface area (Å²) in [7, 11) is 2.08. The molecule has 3 amide bonds. The van der Waals surface area contributed by atoms with Gasteiger partial charge in [-0.2, -0.15) is 0 Å². The number of rotatable bonds is 6. The molecule has 0 aromatic carbocycles. The number of cyclic esters (lactones) is 1. The first-order chi connectivity index (χ1) is 19.2. The molecule has 0 radical (unpaired) electrons. The third-order valence-electron chi connectivity index (χ3n) is 7.96. The first-order valence-electron chi connectivity index (χ1n) is 15.1. The molecule has 0 bridgehead atoms. The number of carbonyl (C=O) groups is 3. The van der Waals surface area contributed by atoms with Crippen LogP contribution < -0.4 is 5.32 Å². The van der Waals surface area contributed by atoms with Crippen molar-refractivity contribution in [3.63, 3.8) is 0 Å². The van der Waals surface area contributed by atoms with E-state index in [4.69, 9.17) is 9.47 Å². The van der Waals surface area contributed by atoms with Crippen molar-refractivity contribution >= 4 is 18.1 Å². The molecular weight excluding hydrogens is 508 g/mol. The van der Waals surface area contributed by atoms with Gasteiger partial charge >= 0.3 is 18.1 Å². The van der Waals surface area contributed by atoms with Crippen LogP contribution in [0.5, 0.6) is 0 Å². The lowest BCUT2D eigenvalue weighted by Gasteiger charge is -2.33. The average Bonchev–Trinajstić information content (AvgIpc) is 3.47. The first kappa shape index (κ1) is 31.7. The molecule has 2 saturated heterocycles. The van der Waals surface area contributed by atoms with Crippen molar-refractivity contribution in [1.29, 1.82) is 0 Å². The molecule has 224 valence electrons. The van der Waals surface area contributed by atoms with Gasteiger partial charge in [0.05, 0.1) is 6.61 Å². The van der Waals surface area contributed by atoms with Gasteiger partial charge in [-0.3, -0.25) is 4.79 Å². The molecule has 3 heterocycles. The fourth-order valence-electron chi connectivity index (χ4n) is 5.25. The Morgan fingerprint density at radius 2 is 1.77 bits per heavy atom. The van der Waals surface area contributed by atoms with Crippen molar-refractivity contribution in [2.24, 2.45) is 11.8 Å². The summed E-state index contributed by atoms with van der Waals surface area (Å²) in [4.78, 5) is 43.5. The van der Waals surface area contributed by atoms with E-state index in [0.717, 1.165) is 83.4 Å². The zero-order valence-corrected chi connectivity index (χ0v) is 25.0. The zero-order valence-electron chi connectivity index (χ0n) is 25.0. The number of ether oxygens (including phenoxy) is 2. The maximum absolute atomic E-state index is 12.9. The Labute approximate surface area is 240 Å². The van der Waals surface area contributed by atoms with Crippen LogP contribution in [-0.2, 0) is 14.3 Å². The molecule has 40 heavy (non-hydrogen) atoms. The van der Waals surface area contributed by atoms with Crippen LogP contribution in [0.2, 0.25) is 0 Å². The molecule has 4 atom stereocenters. The number of likely N-dealkylation sites (tertiary alicyclic amines) is 1. The summed E-state index contributed by atoms with van der Waals surface area (Å²) in [6.07, 6.45) is 15.4. The highest BCUT2D eigenvalue weighted by atomic mass is 16.6. The van der Waals surface area contributed by atoms with E-state index in [0.29, 0.717) is 13.0 Å². The fourth-order valence-corrected chi connectivity index (χ4v) is 5.25. The molecule has 3 aliphatic rings. The van der Waals surface area contributed by atoms with Crippen molar-refractivity contribution in [3.8, 4) is 0 Å². The van der Waals surface area contributed by atoms with Crippen LogP contribution in [0.25, 0.3) is 0 Å². The molecule has 3 aliphatic heterocycles. The summed E-state index contributed by atoms with van der Waals surface area (Å²) in [5.74, 6) is -0.170. The highest BCUT2D eigenvalue weighted by Crippen LogP contribution is 2.22. The lowest BCUT2D eigenvalue weighted by Crippen LogP contribution is -2.52. The van der Waals surface area contributed by atoms with Gasteiger partial charge in [-0.25, -0.2) is 9.59 Å². The summed E-state index contributed by atoms with van der Waals surface area (Å²) < 4.78 is 11.4. The summed E-state index contributed by atoms with van der Waals surface area (Å²) in [5.41, 5.74) is 0.943. The maximum atomic E-state index is 12.9. The normalized spacial score (nSPS) is 27.4. The molecule has 0 aromatic heterocycles. The van der Waals surface area contributed by atoms with Gasteiger partial charge in [-0.15, -0.1) is 0 Å². The highest BCUT2D eigenvalue weighted by Gasteiger charge is 2.24. The lowest BCUT2D eigenvalue weighted by molar-refractivity contribution is -0.148. The largest absolute Gasteiger partial charge is 0.457 e. The van der Waals surface area contributed by atoms with Crippen molar-refractivity contribution in [2.75, 3.05) is 52.9 Å². The van der Waals surface area contributed by atoms with E-state index in [-0.39, 0.29) is 36.0 Å². The number of likely N-dealkylation sites (N-methyl/N-ethyl adjacent to an activating group) is 1. The predicted molar refractivity (Wildman–Crippen MR) is 157 cm³/mol. The summed E-state index contributed by atoms with van der Waals surface area (Å²) in [6.45, 7) is 11.2. The van der Waals surface area contributed by atoms with E-state index in [1.54, 1.807) is 4.90 Å². The van der Waals surface area contributed by atoms with Crippen LogP contribution in [0.4, 0.5) is 9.59 Å². The number of hydrogen-bond donors (Lipinski definition) is 1. The monoisotopic (exact) mass is 558 g/mol. The van der Waals surface area contributed by atoms with Crippen LogP contribution >= 0.6 is 0 Å². The van der Waals surface area contributed by atoms with Gasteiger partial charge in [0, 0.05) is 63.6 Å². The molecule has 2 fully saturated rings. The van der Waals surface area contributed by atoms with Crippen LogP contribution in [-0.4, -0.2) is 97.9 Å². The molecular formula is C31H50N4O5. The van der Waals surface area contributed by atoms with Crippen LogP contribution in [0.15, 0.2) is 36.0 Å². The van der Waals surface area contributed by atoms with E-state index in [2.05, 4.69) is 29.4 Å². The maximum Gasteiger partial charge on any atom is 0.409 e. The first-order valence-corrected chi connectivity index (χ1v) is 15.1. The standard InChI is InChI=1S/C31H50N4O5/c1-24(23-39-31(38)35-17-8-9-18-35)11-10-12-25(2)29-26(3)15-16-27(13-6-5-7-14-28(36)40-29)32-30(37)34-21-19-33(4)20-22-34/h10-12,15-16,24,26-27,29H,5-9,13-14,17-23H2,1-4H3,(H,32,37)/b11-10+,16-15+,25-12+/t24?,26-,27+,29+/m0/s1. The quantitative estimate of drug-likeness (QED) is 0.287. The Morgan fingerprint density at radius 1 is 1.05 bits per heavy atom. The molecule has 1 N–H and O–H groups in total. The van der Waals surface area contributed by atoms with Gasteiger partial charge in [0.2, 0.25) is 0 Å². The second-order valence-electron chi connectivity index (χ2n) is 11.6. The average molecular weight is 559 g/mol. The predicted octanol–water partition coefficient (Wildman–Crippen LogP) is 4.75. The number of allylic oxidation sites excluding steroid dienone is 2. The number of piperazine rings is 1. The third kappa shape index (κ3) is 10.6. The Bertz CT molecular complexity index is 919. The van der Waals surface area contributed by atoms with Crippen molar-refractivity contribution < 1.29 is 23.9 Å². The van der Waals surface area contributed by atoms with E-state index >= 15 is 0 Å². The number of nitrogens with zero attached hydrogens (tertiary/aromatic N) is 3. The fraction of sp³-hybridized carbons (Fsp3) is 0.710. The lowest BCUT2D eigenvalue weighted by atomic mass is 9.95. The minimum atomic E-state index is -0.398. The minimum absolute atomic E-state index is 0.00748. The van der Waals surface area contributed by atoms with Gasteiger partial charge < -0.3 is 29.5 Å². The van der Waals surface area contributed by atoms with Gasteiger partial charge in [0.15, 0.2) is 0 Å². The van der Waals surface area contributed by atoms with Crippen molar-refractivity contribution in [1.82, 2.24) is 20.0 Å². The molecule has 3 rings (SSSR count). The molecule has 0 aliphatic carbocycles. The Balaban J connectivity index is 1.59. The van der Waals surface area contributed by atoms with Crippen molar-refractivity contribution in [2.45, 2.75) is 77.9 Å². The number of amides is 3. The number of nitrogens with one attached hydrogen (secondary N) is 1.